The standard InChI is InChI=1S/C17H27NO/c1-14(16-10-6-3-7-11-16)18-17(13-19)12-15-8-4-2-5-9-15/h2,4-5,8-9,14,16-19H,3,6-7,10-13H2,1H3/t14?,17-/m1/s1. The molecular weight excluding hydrogens is 234 g/mol. The first-order chi connectivity index (χ1) is 9.29. The van der Waals surface area contributed by atoms with Crippen molar-refractivity contribution in [2.24, 2.45) is 5.92 Å². The van der Waals surface area contributed by atoms with Gasteiger partial charge in [0.1, 0.15) is 0 Å². The van der Waals surface area contributed by atoms with Gasteiger partial charge in [0.15, 0.2) is 0 Å². The van der Waals surface area contributed by atoms with Crippen LogP contribution in [0.2, 0.25) is 0 Å². The zero-order valence-electron chi connectivity index (χ0n) is 12.0. The molecule has 1 aromatic rings. The molecule has 2 heteroatoms. The molecule has 0 spiro atoms. The van der Waals surface area contributed by atoms with Crippen LogP contribution in [0.5, 0.6) is 0 Å². The van der Waals surface area contributed by atoms with Crippen LogP contribution >= 0.6 is 0 Å². The average Bonchev–Trinajstić information content (AvgIpc) is 2.48. The second-order valence-corrected chi connectivity index (χ2v) is 5.92. The summed E-state index contributed by atoms with van der Waals surface area (Å²) in [6.07, 6.45) is 7.75. The predicted octanol–water partition coefficient (Wildman–Crippen LogP) is 3.15. The van der Waals surface area contributed by atoms with Gasteiger partial charge in [0.05, 0.1) is 6.61 Å². The Morgan fingerprint density at radius 2 is 1.84 bits per heavy atom. The second kappa shape index (κ2) is 7.66. The fourth-order valence-electron chi connectivity index (χ4n) is 3.22. The molecule has 2 rings (SSSR count). The van der Waals surface area contributed by atoms with Crippen molar-refractivity contribution in [2.75, 3.05) is 6.61 Å². The number of hydrogen-bond acceptors (Lipinski definition) is 2. The highest BCUT2D eigenvalue weighted by Crippen LogP contribution is 2.26. The van der Waals surface area contributed by atoms with Crippen molar-refractivity contribution in [3.8, 4) is 0 Å². The lowest BCUT2D eigenvalue weighted by Crippen LogP contribution is -2.44. The summed E-state index contributed by atoms with van der Waals surface area (Å²) in [7, 11) is 0. The fraction of sp³-hybridized carbons (Fsp3) is 0.647. The summed E-state index contributed by atoms with van der Waals surface area (Å²) in [4.78, 5) is 0. The Balaban J connectivity index is 1.84. The van der Waals surface area contributed by atoms with E-state index in [1.54, 1.807) is 0 Å². The van der Waals surface area contributed by atoms with E-state index in [4.69, 9.17) is 0 Å². The van der Waals surface area contributed by atoms with Crippen LogP contribution in [0.25, 0.3) is 0 Å². The lowest BCUT2D eigenvalue weighted by atomic mass is 9.84. The Morgan fingerprint density at radius 3 is 2.47 bits per heavy atom. The summed E-state index contributed by atoms with van der Waals surface area (Å²) in [6, 6.07) is 11.1. The molecule has 0 amide bonds. The molecule has 1 fully saturated rings. The van der Waals surface area contributed by atoms with E-state index >= 15 is 0 Å². The third kappa shape index (κ3) is 4.63. The lowest BCUT2D eigenvalue weighted by Gasteiger charge is -2.31. The minimum Gasteiger partial charge on any atom is -0.395 e. The molecule has 0 saturated heterocycles. The first kappa shape index (κ1) is 14.5. The highest BCUT2D eigenvalue weighted by molar-refractivity contribution is 5.16. The Bertz CT molecular complexity index is 346. The Morgan fingerprint density at radius 1 is 1.16 bits per heavy atom. The molecule has 1 saturated carbocycles. The van der Waals surface area contributed by atoms with Gasteiger partial charge in [-0.1, -0.05) is 49.6 Å². The lowest BCUT2D eigenvalue weighted by molar-refractivity contribution is 0.202. The van der Waals surface area contributed by atoms with Gasteiger partial charge in [0, 0.05) is 12.1 Å². The minimum atomic E-state index is 0.180. The number of aliphatic hydroxyl groups excluding tert-OH is 1. The summed E-state index contributed by atoms with van der Waals surface area (Å²) in [5.41, 5.74) is 1.30. The van der Waals surface area contributed by atoms with Crippen LogP contribution in [-0.4, -0.2) is 23.8 Å². The van der Waals surface area contributed by atoms with E-state index in [1.165, 1.54) is 37.7 Å². The fourth-order valence-corrected chi connectivity index (χ4v) is 3.22. The molecule has 1 aliphatic carbocycles. The van der Waals surface area contributed by atoms with Gasteiger partial charge in [-0.15, -0.1) is 0 Å². The Labute approximate surface area is 117 Å². The molecule has 19 heavy (non-hydrogen) atoms. The van der Waals surface area contributed by atoms with Gasteiger partial charge < -0.3 is 10.4 Å². The highest BCUT2D eigenvalue weighted by atomic mass is 16.3. The van der Waals surface area contributed by atoms with Crippen LogP contribution in [-0.2, 0) is 6.42 Å². The van der Waals surface area contributed by atoms with E-state index in [2.05, 4.69) is 36.5 Å². The van der Waals surface area contributed by atoms with Crippen molar-refractivity contribution in [2.45, 2.75) is 57.5 Å². The van der Waals surface area contributed by atoms with Crippen LogP contribution in [0.4, 0.5) is 0 Å². The van der Waals surface area contributed by atoms with E-state index in [-0.39, 0.29) is 12.6 Å². The Kier molecular flexibility index (Phi) is 5.87. The van der Waals surface area contributed by atoms with Crippen LogP contribution in [0, 0.1) is 5.92 Å². The predicted molar refractivity (Wildman–Crippen MR) is 80.2 cm³/mol. The number of aliphatic hydroxyl groups is 1. The van der Waals surface area contributed by atoms with E-state index in [0.29, 0.717) is 6.04 Å². The molecule has 0 aliphatic heterocycles. The summed E-state index contributed by atoms with van der Waals surface area (Å²) < 4.78 is 0. The average molecular weight is 261 g/mol. The molecule has 2 N–H and O–H groups in total. The largest absolute Gasteiger partial charge is 0.395 e. The number of rotatable bonds is 6. The molecule has 0 aromatic heterocycles. The van der Waals surface area contributed by atoms with Crippen molar-refractivity contribution in [1.82, 2.24) is 5.32 Å². The van der Waals surface area contributed by atoms with Gasteiger partial charge in [0.2, 0.25) is 0 Å². The number of nitrogens with one attached hydrogen (secondary N) is 1. The normalized spacial score (nSPS) is 20.1. The second-order valence-electron chi connectivity index (χ2n) is 5.92. The molecule has 0 bridgehead atoms. The molecular formula is C17H27NO. The van der Waals surface area contributed by atoms with E-state index in [0.717, 1.165) is 12.3 Å². The highest BCUT2D eigenvalue weighted by Gasteiger charge is 2.22. The SMILES string of the molecule is CC(N[C@@H](CO)Cc1ccccc1)C1CCCCC1. The van der Waals surface area contributed by atoms with Crippen molar-refractivity contribution in [1.29, 1.82) is 0 Å². The number of benzene rings is 1. The van der Waals surface area contributed by atoms with Gasteiger partial charge in [-0.2, -0.15) is 0 Å². The van der Waals surface area contributed by atoms with E-state index < -0.39 is 0 Å². The third-order valence-corrected chi connectivity index (χ3v) is 4.40. The van der Waals surface area contributed by atoms with Gasteiger partial charge in [-0.3, -0.25) is 0 Å². The maximum atomic E-state index is 9.57. The molecule has 1 aliphatic rings. The van der Waals surface area contributed by atoms with Crippen molar-refractivity contribution in [3.63, 3.8) is 0 Å². The third-order valence-electron chi connectivity index (χ3n) is 4.40. The van der Waals surface area contributed by atoms with Crippen molar-refractivity contribution >= 4 is 0 Å². The van der Waals surface area contributed by atoms with Crippen molar-refractivity contribution < 1.29 is 5.11 Å². The summed E-state index contributed by atoms with van der Waals surface area (Å²) in [6.45, 7) is 2.50. The molecule has 106 valence electrons. The first-order valence-electron chi connectivity index (χ1n) is 7.70. The van der Waals surface area contributed by atoms with Crippen LogP contribution in [0.1, 0.15) is 44.6 Å². The molecule has 2 nitrogen and oxygen atoms in total. The van der Waals surface area contributed by atoms with Gasteiger partial charge in [-0.25, -0.2) is 0 Å². The summed E-state index contributed by atoms with van der Waals surface area (Å²) in [5.74, 6) is 0.790. The molecule has 1 unspecified atom stereocenters. The maximum absolute atomic E-state index is 9.57. The molecule has 1 aromatic carbocycles. The zero-order chi connectivity index (χ0) is 13.5. The number of hydrogen-bond donors (Lipinski definition) is 2. The quantitative estimate of drug-likeness (QED) is 0.824. The summed E-state index contributed by atoms with van der Waals surface area (Å²) >= 11 is 0. The van der Waals surface area contributed by atoms with Crippen LogP contribution in [0.3, 0.4) is 0 Å². The van der Waals surface area contributed by atoms with E-state index in [1.807, 2.05) is 6.07 Å². The van der Waals surface area contributed by atoms with Crippen LogP contribution in [0.15, 0.2) is 30.3 Å². The van der Waals surface area contributed by atoms with Crippen molar-refractivity contribution in [3.05, 3.63) is 35.9 Å². The maximum Gasteiger partial charge on any atom is 0.0587 e. The monoisotopic (exact) mass is 261 g/mol. The molecule has 2 atom stereocenters. The zero-order valence-corrected chi connectivity index (χ0v) is 12.0. The topological polar surface area (TPSA) is 32.3 Å². The molecule has 0 heterocycles. The van der Waals surface area contributed by atoms with Crippen LogP contribution < -0.4 is 5.32 Å². The first-order valence-corrected chi connectivity index (χ1v) is 7.70. The molecule has 0 radical (unpaired) electrons. The van der Waals surface area contributed by atoms with Gasteiger partial charge in [-0.05, 0) is 37.7 Å². The van der Waals surface area contributed by atoms with E-state index in [9.17, 15) is 5.11 Å². The smallest absolute Gasteiger partial charge is 0.0587 e. The van der Waals surface area contributed by atoms with Gasteiger partial charge >= 0.3 is 0 Å². The Hall–Kier alpha value is -0.860. The summed E-state index contributed by atoms with van der Waals surface area (Å²) in [5, 5.41) is 13.2. The van der Waals surface area contributed by atoms with Gasteiger partial charge in [0.25, 0.3) is 0 Å². The minimum absolute atomic E-state index is 0.180.